The fraction of sp³-hybridized carbons (Fsp3) is 0.522. The van der Waals surface area contributed by atoms with Gasteiger partial charge in [-0.25, -0.2) is 0 Å². The predicted octanol–water partition coefficient (Wildman–Crippen LogP) is 3.88. The van der Waals surface area contributed by atoms with E-state index in [2.05, 4.69) is 4.98 Å². The molecule has 1 aliphatic rings. The standard InChI is InChI=1S/C23H30N2O4/c1-14-19(17-8-6-7-9-18(17)24-14)20(26)15(2)29-21(27)16-10-12-25(13-11-16)22(28)23(3,4)5/h6-9,15-16,24H,10-13H2,1-5H3. The third-order valence-corrected chi connectivity index (χ3v) is 5.56. The van der Waals surface area contributed by atoms with Crippen molar-refractivity contribution in [2.75, 3.05) is 13.1 Å². The number of nitrogens with one attached hydrogen (secondary N) is 1. The first-order valence-corrected chi connectivity index (χ1v) is 10.2. The summed E-state index contributed by atoms with van der Waals surface area (Å²) >= 11 is 0. The van der Waals surface area contributed by atoms with Gasteiger partial charge in [-0.15, -0.1) is 0 Å². The largest absolute Gasteiger partial charge is 0.454 e. The number of carbonyl (C=O) groups excluding carboxylic acids is 3. The van der Waals surface area contributed by atoms with Gasteiger partial charge in [-0.2, -0.15) is 0 Å². The average Bonchev–Trinajstić information content (AvgIpc) is 3.01. The molecule has 0 bridgehead atoms. The van der Waals surface area contributed by atoms with E-state index in [1.165, 1.54) is 0 Å². The number of rotatable bonds is 4. The van der Waals surface area contributed by atoms with E-state index in [-0.39, 0.29) is 23.6 Å². The maximum atomic E-state index is 13.0. The van der Waals surface area contributed by atoms with E-state index in [0.29, 0.717) is 31.5 Å². The number of aromatic amines is 1. The van der Waals surface area contributed by atoms with E-state index >= 15 is 0 Å². The number of carbonyl (C=O) groups is 3. The number of para-hydroxylation sites is 1. The van der Waals surface area contributed by atoms with Crippen LogP contribution in [0.4, 0.5) is 0 Å². The number of Topliss-reactive ketones (excluding diaryl/α,β-unsaturated/α-hetero) is 1. The van der Waals surface area contributed by atoms with Crippen molar-refractivity contribution in [1.82, 2.24) is 9.88 Å². The minimum atomic E-state index is -0.852. The summed E-state index contributed by atoms with van der Waals surface area (Å²) in [6.07, 6.45) is 0.274. The lowest BCUT2D eigenvalue weighted by Gasteiger charge is -2.35. The van der Waals surface area contributed by atoms with Crippen molar-refractivity contribution < 1.29 is 19.1 Å². The van der Waals surface area contributed by atoms with Gasteiger partial charge >= 0.3 is 5.97 Å². The Hall–Kier alpha value is -2.63. The molecule has 0 saturated carbocycles. The highest BCUT2D eigenvalue weighted by atomic mass is 16.5. The third-order valence-electron chi connectivity index (χ3n) is 5.56. The Morgan fingerprint density at radius 2 is 1.76 bits per heavy atom. The zero-order valence-corrected chi connectivity index (χ0v) is 17.9. The molecule has 1 unspecified atom stereocenters. The number of fused-ring (bicyclic) bond motifs is 1. The lowest BCUT2D eigenvalue weighted by atomic mass is 9.91. The number of benzene rings is 1. The molecule has 6 nitrogen and oxygen atoms in total. The maximum absolute atomic E-state index is 13.0. The van der Waals surface area contributed by atoms with E-state index in [0.717, 1.165) is 16.6 Å². The zero-order chi connectivity index (χ0) is 21.3. The van der Waals surface area contributed by atoms with Gasteiger partial charge in [0.2, 0.25) is 11.7 Å². The van der Waals surface area contributed by atoms with Gasteiger partial charge in [0.15, 0.2) is 6.10 Å². The summed E-state index contributed by atoms with van der Waals surface area (Å²) in [5, 5.41) is 0.840. The number of aryl methyl sites for hydroxylation is 1. The van der Waals surface area contributed by atoms with Crippen molar-refractivity contribution in [2.45, 2.75) is 53.6 Å². The van der Waals surface area contributed by atoms with Crippen LogP contribution in [-0.4, -0.2) is 46.7 Å². The van der Waals surface area contributed by atoms with E-state index in [4.69, 9.17) is 4.74 Å². The molecular weight excluding hydrogens is 368 g/mol. The Balaban J connectivity index is 1.62. The number of hydrogen-bond donors (Lipinski definition) is 1. The molecule has 0 spiro atoms. The van der Waals surface area contributed by atoms with Crippen LogP contribution in [0.25, 0.3) is 10.9 Å². The number of likely N-dealkylation sites (tertiary alicyclic amines) is 1. The number of ketones is 1. The Kier molecular flexibility index (Phi) is 5.82. The number of ether oxygens (including phenoxy) is 1. The number of esters is 1. The van der Waals surface area contributed by atoms with Crippen molar-refractivity contribution in [2.24, 2.45) is 11.3 Å². The molecule has 1 amide bonds. The molecule has 0 radical (unpaired) electrons. The summed E-state index contributed by atoms with van der Waals surface area (Å²) in [7, 11) is 0. The van der Waals surface area contributed by atoms with Gasteiger partial charge in [-0.3, -0.25) is 14.4 Å². The summed E-state index contributed by atoms with van der Waals surface area (Å²) < 4.78 is 5.54. The fourth-order valence-electron chi connectivity index (χ4n) is 3.91. The second kappa shape index (κ2) is 8.01. The summed E-state index contributed by atoms with van der Waals surface area (Å²) in [5.41, 5.74) is 1.81. The Morgan fingerprint density at radius 3 is 2.38 bits per heavy atom. The zero-order valence-electron chi connectivity index (χ0n) is 17.9. The van der Waals surface area contributed by atoms with Crippen molar-refractivity contribution in [3.05, 3.63) is 35.5 Å². The first-order valence-electron chi connectivity index (χ1n) is 10.2. The Morgan fingerprint density at radius 1 is 1.14 bits per heavy atom. The van der Waals surface area contributed by atoms with Gasteiger partial charge in [0.05, 0.1) is 5.92 Å². The highest BCUT2D eigenvalue weighted by molar-refractivity contribution is 6.11. The third kappa shape index (κ3) is 4.36. The molecule has 2 aromatic rings. The summed E-state index contributed by atoms with van der Waals surface area (Å²) in [4.78, 5) is 43.0. The molecule has 1 saturated heterocycles. The molecule has 156 valence electrons. The fourth-order valence-corrected chi connectivity index (χ4v) is 3.91. The molecule has 6 heteroatoms. The highest BCUT2D eigenvalue weighted by Gasteiger charge is 2.34. The normalized spacial score (nSPS) is 16.7. The minimum Gasteiger partial charge on any atom is -0.454 e. The molecule has 1 N–H and O–H groups in total. The molecule has 1 aromatic heterocycles. The van der Waals surface area contributed by atoms with Crippen LogP contribution in [0.15, 0.2) is 24.3 Å². The van der Waals surface area contributed by atoms with Crippen LogP contribution < -0.4 is 0 Å². The van der Waals surface area contributed by atoms with E-state index < -0.39 is 11.5 Å². The van der Waals surface area contributed by atoms with Crippen LogP contribution in [0, 0.1) is 18.3 Å². The summed E-state index contributed by atoms with van der Waals surface area (Å²) in [6.45, 7) is 10.3. The first-order chi connectivity index (χ1) is 13.6. The van der Waals surface area contributed by atoms with E-state index in [1.54, 1.807) is 6.92 Å². The number of aromatic nitrogens is 1. The van der Waals surface area contributed by atoms with Crippen LogP contribution in [0.1, 0.15) is 56.6 Å². The SMILES string of the molecule is Cc1[nH]c2ccccc2c1C(=O)C(C)OC(=O)C1CCN(C(=O)C(C)(C)C)CC1. The second-order valence-electron chi connectivity index (χ2n) is 8.93. The van der Waals surface area contributed by atoms with Gasteiger partial charge in [-0.05, 0) is 32.8 Å². The van der Waals surface area contributed by atoms with Crippen LogP contribution in [-0.2, 0) is 14.3 Å². The molecule has 1 atom stereocenters. The monoisotopic (exact) mass is 398 g/mol. The lowest BCUT2D eigenvalue weighted by Crippen LogP contribution is -2.45. The van der Waals surface area contributed by atoms with Crippen molar-refractivity contribution in [3.8, 4) is 0 Å². The van der Waals surface area contributed by atoms with Gasteiger partial charge in [0.1, 0.15) is 0 Å². The highest BCUT2D eigenvalue weighted by Crippen LogP contribution is 2.26. The molecule has 0 aliphatic carbocycles. The van der Waals surface area contributed by atoms with Crippen LogP contribution >= 0.6 is 0 Å². The van der Waals surface area contributed by atoms with Crippen LogP contribution in [0.5, 0.6) is 0 Å². The molecule has 3 rings (SSSR count). The number of piperidine rings is 1. The first kappa shape index (κ1) is 21.1. The number of nitrogens with zero attached hydrogens (tertiary/aromatic N) is 1. The van der Waals surface area contributed by atoms with E-state index in [1.807, 2.05) is 56.9 Å². The molecule has 1 aliphatic heterocycles. The minimum absolute atomic E-state index is 0.0997. The van der Waals surface area contributed by atoms with Crippen molar-refractivity contribution >= 4 is 28.6 Å². The maximum Gasteiger partial charge on any atom is 0.309 e. The number of hydrogen-bond acceptors (Lipinski definition) is 4. The van der Waals surface area contributed by atoms with Gasteiger partial charge in [-0.1, -0.05) is 39.0 Å². The number of amides is 1. The van der Waals surface area contributed by atoms with Gasteiger partial charge in [0.25, 0.3) is 0 Å². The Labute approximate surface area is 171 Å². The number of H-pyrrole nitrogens is 1. The molecule has 29 heavy (non-hydrogen) atoms. The lowest BCUT2D eigenvalue weighted by molar-refractivity contribution is -0.155. The Bertz CT molecular complexity index is 930. The van der Waals surface area contributed by atoms with Crippen LogP contribution in [0.2, 0.25) is 0 Å². The van der Waals surface area contributed by atoms with Crippen molar-refractivity contribution in [1.29, 1.82) is 0 Å². The molecule has 2 heterocycles. The molecule has 1 fully saturated rings. The van der Waals surface area contributed by atoms with Gasteiger partial charge < -0.3 is 14.6 Å². The van der Waals surface area contributed by atoms with Crippen LogP contribution in [0.3, 0.4) is 0 Å². The van der Waals surface area contributed by atoms with Crippen molar-refractivity contribution in [3.63, 3.8) is 0 Å². The summed E-state index contributed by atoms with van der Waals surface area (Å²) in [6, 6.07) is 7.60. The molecular formula is C23H30N2O4. The smallest absolute Gasteiger partial charge is 0.309 e. The average molecular weight is 399 g/mol. The predicted molar refractivity (Wildman–Crippen MR) is 112 cm³/mol. The van der Waals surface area contributed by atoms with E-state index in [9.17, 15) is 14.4 Å². The van der Waals surface area contributed by atoms with Gasteiger partial charge in [0, 0.05) is 40.7 Å². The second-order valence-corrected chi connectivity index (χ2v) is 8.93. The quantitative estimate of drug-likeness (QED) is 0.626. The topological polar surface area (TPSA) is 79.5 Å². The molecule has 1 aromatic carbocycles. The summed E-state index contributed by atoms with van der Waals surface area (Å²) in [5.74, 6) is -0.735.